The molecule has 1 aromatic carbocycles. The van der Waals surface area contributed by atoms with Crippen molar-refractivity contribution < 1.29 is 18.3 Å². The summed E-state index contributed by atoms with van der Waals surface area (Å²) >= 11 is 0. The highest BCUT2D eigenvalue weighted by Gasteiger charge is 2.30. The first-order valence-electron chi connectivity index (χ1n) is 6.48. The number of rotatable bonds is 5. The number of aromatic nitrogens is 1. The van der Waals surface area contributed by atoms with Crippen LogP contribution >= 0.6 is 0 Å². The van der Waals surface area contributed by atoms with Gasteiger partial charge < -0.3 is 15.0 Å². The van der Waals surface area contributed by atoms with E-state index in [1.807, 2.05) is 17.7 Å². The van der Waals surface area contributed by atoms with Crippen molar-refractivity contribution in [1.29, 1.82) is 0 Å². The monoisotopic (exact) mass is 286 g/mol. The summed E-state index contributed by atoms with van der Waals surface area (Å²) in [5.41, 5.74) is 0.963. The molecular weight excluding hydrogens is 269 g/mol. The Morgan fingerprint density at radius 1 is 1.30 bits per heavy atom. The van der Waals surface area contributed by atoms with E-state index < -0.39 is 11.7 Å². The van der Waals surface area contributed by atoms with Gasteiger partial charge in [0.15, 0.2) is 0 Å². The minimum absolute atomic E-state index is 0.000218. The summed E-state index contributed by atoms with van der Waals surface area (Å²) in [4.78, 5) is 0. The predicted molar refractivity (Wildman–Crippen MR) is 71.4 cm³/mol. The zero-order chi connectivity index (χ0) is 14.8. The molecule has 0 aliphatic rings. The lowest BCUT2D eigenvalue weighted by Crippen LogP contribution is -2.17. The quantitative estimate of drug-likeness (QED) is 0.829. The Bertz CT molecular complexity index is 590. The van der Waals surface area contributed by atoms with Gasteiger partial charge in [0.25, 0.3) is 0 Å². The molecule has 0 saturated heterocycles. The van der Waals surface area contributed by atoms with Gasteiger partial charge in [0.05, 0.1) is 12.2 Å². The molecule has 20 heavy (non-hydrogen) atoms. The number of nitrogens with one attached hydrogen (secondary N) is 1. The van der Waals surface area contributed by atoms with Crippen LogP contribution in [0.3, 0.4) is 0 Å². The van der Waals surface area contributed by atoms with Gasteiger partial charge in [0, 0.05) is 36.7 Å². The maximum Gasteiger partial charge on any atom is 0.416 e. The molecule has 1 aromatic heterocycles. The summed E-state index contributed by atoms with van der Waals surface area (Å²) in [6, 6.07) is 3.81. The summed E-state index contributed by atoms with van der Waals surface area (Å²) in [7, 11) is 0. The smallest absolute Gasteiger partial charge is 0.395 e. The number of aliphatic hydroxyl groups is 1. The molecule has 2 N–H and O–H groups in total. The van der Waals surface area contributed by atoms with E-state index in [-0.39, 0.29) is 6.61 Å². The van der Waals surface area contributed by atoms with Gasteiger partial charge in [0.1, 0.15) is 0 Å². The second-order valence-corrected chi connectivity index (χ2v) is 4.57. The number of aliphatic hydroxyl groups excluding tert-OH is 1. The van der Waals surface area contributed by atoms with Crippen molar-refractivity contribution in [3.8, 4) is 0 Å². The van der Waals surface area contributed by atoms with Crippen molar-refractivity contribution >= 4 is 10.9 Å². The molecular formula is C14H17F3N2O. The van der Waals surface area contributed by atoms with E-state index in [4.69, 9.17) is 5.11 Å². The lowest BCUT2D eigenvalue weighted by atomic mass is 10.1. The molecule has 0 aliphatic heterocycles. The molecule has 0 saturated carbocycles. The number of nitrogens with zero attached hydrogens (tertiary/aromatic N) is 1. The molecule has 3 nitrogen and oxygen atoms in total. The maximum absolute atomic E-state index is 12.8. The number of alkyl halides is 3. The van der Waals surface area contributed by atoms with E-state index in [0.29, 0.717) is 25.0 Å². The normalized spacial score (nSPS) is 12.2. The van der Waals surface area contributed by atoms with Crippen molar-refractivity contribution in [3.05, 3.63) is 35.5 Å². The summed E-state index contributed by atoms with van der Waals surface area (Å²) in [5.74, 6) is 0. The van der Waals surface area contributed by atoms with E-state index in [0.717, 1.165) is 17.1 Å². The van der Waals surface area contributed by atoms with Gasteiger partial charge in [-0.2, -0.15) is 13.2 Å². The SMILES string of the molecule is CCn1cc(CNCCO)c2cc(C(F)(F)F)ccc21. The van der Waals surface area contributed by atoms with E-state index in [2.05, 4.69) is 5.32 Å². The second-order valence-electron chi connectivity index (χ2n) is 4.57. The van der Waals surface area contributed by atoms with Gasteiger partial charge in [-0.15, -0.1) is 0 Å². The Kier molecular flexibility index (Phi) is 4.35. The zero-order valence-electron chi connectivity index (χ0n) is 11.2. The Morgan fingerprint density at radius 3 is 2.65 bits per heavy atom. The number of hydrogen-bond acceptors (Lipinski definition) is 2. The fraction of sp³-hybridized carbons (Fsp3) is 0.429. The standard InChI is InChI=1S/C14H17F3N2O/c1-2-19-9-10(8-18-5-6-20)12-7-11(14(15,16)17)3-4-13(12)19/h3-4,7,9,18,20H,2,5-6,8H2,1H3. The molecule has 1 heterocycles. The molecule has 0 aliphatic carbocycles. The van der Waals surface area contributed by atoms with Crippen LogP contribution in [0.25, 0.3) is 10.9 Å². The Balaban J connectivity index is 2.44. The molecule has 6 heteroatoms. The van der Waals surface area contributed by atoms with Crippen LogP contribution in [-0.2, 0) is 19.3 Å². The summed E-state index contributed by atoms with van der Waals surface area (Å²) in [6.45, 7) is 3.49. The minimum atomic E-state index is -4.34. The third-order valence-corrected chi connectivity index (χ3v) is 3.24. The van der Waals surface area contributed by atoms with Crippen LogP contribution < -0.4 is 5.32 Å². The fourth-order valence-corrected chi connectivity index (χ4v) is 2.25. The molecule has 0 bridgehead atoms. The van der Waals surface area contributed by atoms with Crippen LogP contribution in [0, 0.1) is 0 Å². The lowest BCUT2D eigenvalue weighted by molar-refractivity contribution is -0.137. The third kappa shape index (κ3) is 2.96. The summed E-state index contributed by atoms with van der Waals surface area (Å²) < 4.78 is 40.3. The Morgan fingerprint density at radius 2 is 2.05 bits per heavy atom. The molecule has 2 aromatic rings. The molecule has 0 spiro atoms. The van der Waals surface area contributed by atoms with Crippen molar-refractivity contribution in [1.82, 2.24) is 9.88 Å². The Hall–Kier alpha value is -1.53. The summed E-state index contributed by atoms with van der Waals surface area (Å²) in [6.07, 6.45) is -2.48. The van der Waals surface area contributed by atoms with Crippen molar-refractivity contribution in [2.24, 2.45) is 0 Å². The fourth-order valence-electron chi connectivity index (χ4n) is 2.25. The van der Waals surface area contributed by atoms with Crippen LogP contribution in [-0.4, -0.2) is 22.8 Å². The number of halogens is 3. The van der Waals surface area contributed by atoms with Gasteiger partial charge in [-0.3, -0.25) is 0 Å². The van der Waals surface area contributed by atoms with Crippen LogP contribution in [0.5, 0.6) is 0 Å². The number of fused-ring (bicyclic) bond motifs is 1. The summed E-state index contributed by atoms with van der Waals surface area (Å²) in [5, 5.41) is 12.3. The lowest BCUT2D eigenvalue weighted by Gasteiger charge is -2.08. The molecule has 0 amide bonds. The highest BCUT2D eigenvalue weighted by molar-refractivity contribution is 5.84. The van der Waals surface area contributed by atoms with Gasteiger partial charge in [0.2, 0.25) is 0 Å². The highest BCUT2D eigenvalue weighted by atomic mass is 19.4. The molecule has 0 radical (unpaired) electrons. The van der Waals surface area contributed by atoms with E-state index in [9.17, 15) is 13.2 Å². The first kappa shape index (κ1) is 14.9. The van der Waals surface area contributed by atoms with Crippen molar-refractivity contribution in [2.75, 3.05) is 13.2 Å². The minimum Gasteiger partial charge on any atom is -0.395 e. The molecule has 0 atom stereocenters. The van der Waals surface area contributed by atoms with Crippen LogP contribution in [0.15, 0.2) is 24.4 Å². The Labute approximate surface area is 115 Å². The van der Waals surface area contributed by atoms with Gasteiger partial charge in [-0.05, 0) is 30.7 Å². The average Bonchev–Trinajstić information content (AvgIpc) is 2.76. The zero-order valence-corrected chi connectivity index (χ0v) is 11.2. The van der Waals surface area contributed by atoms with Gasteiger partial charge in [-0.25, -0.2) is 0 Å². The van der Waals surface area contributed by atoms with Crippen LogP contribution in [0.1, 0.15) is 18.1 Å². The largest absolute Gasteiger partial charge is 0.416 e. The maximum atomic E-state index is 12.8. The van der Waals surface area contributed by atoms with E-state index in [1.165, 1.54) is 12.1 Å². The van der Waals surface area contributed by atoms with E-state index in [1.54, 1.807) is 0 Å². The van der Waals surface area contributed by atoms with Crippen molar-refractivity contribution in [2.45, 2.75) is 26.2 Å². The number of hydrogen-bond donors (Lipinski definition) is 2. The first-order chi connectivity index (χ1) is 9.47. The predicted octanol–water partition coefficient (Wildman–Crippen LogP) is 2.76. The third-order valence-electron chi connectivity index (χ3n) is 3.24. The van der Waals surface area contributed by atoms with Crippen LogP contribution in [0.2, 0.25) is 0 Å². The van der Waals surface area contributed by atoms with E-state index >= 15 is 0 Å². The molecule has 110 valence electrons. The number of aryl methyl sites for hydroxylation is 1. The molecule has 0 unspecified atom stereocenters. The first-order valence-corrected chi connectivity index (χ1v) is 6.48. The molecule has 0 fully saturated rings. The van der Waals surface area contributed by atoms with Crippen LogP contribution in [0.4, 0.5) is 13.2 Å². The van der Waals surface area contributed by atoms with Gasteiger partial charge in [-0.1, -0.05) is 0 Å². The topological polar surface area (TPSA) is 37.2 Å². The number of benzene rings is 1. The second kappa shape index (κ2) is 5.85. The van der Waals surface area contributed by atoms with Crippen molar-refractivity contribution in [3.63, 3.8) is 0 Å². The van der Waals surface area contributed by atoms with Gasteiger partial charge >= 0.3 is 6.18 Å². The average molecular weight is 286 g/mol. The highest BCUT2D eigenvalue weighted by Crippen LogP contribution is 2.33. The molecule has 2 rings (SSSR count).